The third kappa shape index (κ3) is 8.12. The van der Waals surface area contributed by atoms with E-state index in [-0.39, 0.29) is 36.5 Å². The molecule has 0 spiro atoms. The molecule has 2 saturated heterocycles. The molecular weight excluding hydrogens is 523 g/mol. The number of piperidine rings is 1. The van der Waals surface area contributed by atoms with Gasteiger partial charge >= 0.3 is 0 Å². The second kappa shape index (κ2) is 13.5. The number of guanidine groups is 1. The van der Waals surface area contributed by atoms with E-state index in [1.54, 1.807) is 13.1 Å². The van der Waals surface area contributed by atoms with Gasteiger partial charge in [-0.1, -0.05) is 12.1 Å². The summed E-state index contributed by atoms with van der Waals surface area (Å²) in [7, 11) is 1.78. The Balaban J connectivity index is 0.00000363. The van der Waals surface area contributed by atoms with Gasteiger partial charge in [0.05, 0.1) is 6.54 Å². The Kier molecular flexibility index (Phi) is 11.0. The number of amides is 2. The molecule has 10 heteroatoms. The van der Waals surface area contributed by atoms with Crippen LogP contribution in [0.2, 0.25) is 0 Å². The number of primary amides is 1. The first kappa shape index (κ1) is 26.2. The van der Waals surface area contributed by atoms with Crippen molar-refractivity contribution < 1.29 is 14.3 Å². The van der Waals surface area contributed by atoms with Crippen molar-refractivity contribution in [3.05, 3.63) is 29.8 Å². The highest BCUT2D eigenvalue weighted by molar-refractivity contribution is 14.0. The van der Waals surface area contributed by atoms with Crippen molar-refractivity contribution in [2.45, 2.75) is 25.8 Å². The van der Waals surface area contributed by atoms with Crippen molar-refractivity contribution in [2.24, 2.45) is 10.7 Å². The largest absolute Gasteiger partial charge is 0.484 e. The lowest BCUT2D eigenvalue weighted by Gasteiger charge is -2.37. The van der Waals surface area contributed by atoms with E-state index in [1.807, 2.05) is 23.1 Å². The van der Waals surface area contributed by atoms with E-state index in [9.17, 15) is 9.59 Å². The van der Waals surface area contributed by atoms with Crippen LogP contribution in [0.1, 0.15) is 24.8 Å². The first-order valence-corrected chi connectivity index (χ1v) is 11.0. The second-order valence-electron chi connectivity index (χ2n) is 8.01. The average Bonchev–Trinajstić information content (AvgIpc) is 2.80. The zero-order valence-electron chi connectivity index (χ0n) is 18.8. The first-order chi connectivity index (χ1) is 15.0. The highest BCUT2D eigenvalue weighted by Gasteiger charge is 2.24. The standard InChI is InChI=1S/C22H34N6O3.HI/c1-24-22(25-15-18-6-5-7-19(14-18)31-17-20(23)29)28-12-10-26(11-13-28)16-21(30)27-8-3-2-4-9-27;/h5-7,14H,2-4,8-13,15-17H2,1H3,(H2,23,29)(H,24,25);1H. The van der Waals surface area contributed by atoms with Gasteiger partial charge in [-0.2, -0.15) is 0 Å². The number of hydrogen-bond acceptors (Lipinski definition) is 5. The van der Waals surface area contributed by atoms with E-state index in [4.69, 9.17) is 10.5 Å². The molecule has 2 amide bonds. The predicted molar refractivity (Wildman–Crippen MR) is 135 cm³/mol. The van der Waals surface area contributed by atoms with Gasteiger partial charge in [0, 0.05) is 52.9 Å². The van der Waals surface area contributed by atoms with Gasteiger partial charge in [-0.05, 0) is 37.0 Å². The average molecular weight is 558 g/mol. The molecule has 3 N–H and O–H groups in total. The van der Waals surface area contributed by atoms with Gasteiger partial charge in [0.1, 0.15) is 5.75 Å². The SMILES string of the molecule is CN=C(NCc1cccc(OCC(N)=O)c1)N1CCN(CC(=O)N2CCCCC2)CC1.I. The fourth-order valence-corrected chi connectivity index (χ4v) is 3.97. The van der Waals surface area contributed by atoms with Gasteiger partial charge in [-0.25, -0.2) is 0 Å². The number of rotatable bonds is 7. The van der Waals surface area contributed by atoms with Crippen molar-refractivity contribution in [1.82, 2.24) is 20.0 Å². The summed E-state index contributed by atoms with van der Waals surface area (Å²) in [5, 5.41) is 3.39. The topological polar surface area (TPSA) is 103 Å². The molecule has 1 aromatic carbocycles. The Labute approximate surface area is 207 Å². The van der Waals surface area contributed by atoms with Crippen molar-refractivity contribution in [3.8, 4) is 5.75 Å². The van der Waals surface area contributed by atoms with Gasteiger partial charge in [0.2, 0.25) is 5.91 Å². The second-order valence-corrected chi connectivity index (χ2v) is 8.01. The summed E-state index contributed by atoms with van der Waals surface area (Å²) in [4.78, 5) is 34.3. The number of ether oxygens (including phenoxy) is 1. The number of piperazine rings is 1. The number of likely N-dealkylation sites (tertiary alicyclic amines) is 1. The molecule has 9 nitrogen and oxygen atoms in total. The molecule has 32 heavy (non-hydrogen) atoms. The van der Waals surface area contributed by atoms with E-state index in [0.717, 1.165) is 63.6 Å². The fourth-order valence-electron chi connectivity index (χ4n) is 3.97. The molecule has 0 atom stereocenters. The van der Waals surface area contributed by atoms with Crippen molar-refractivity contribution in [3.63, 3.8) is 0 Å². The maximum absolute atomic E-state index is 12.5. The monoisotopic (exact) mass is 558 g/mol. The van der Waals surface area contributed by atoms with Crippen LogP contribution < -0.4 is 15.8 Å². The van der Waals surface area contributed by atoms with E-state index in [0.29, 0.717) is 18.8 Å². The Morgan fingerprint density at radius 2 is 1.78 bits per heavy atom. The molecule has 2 aliphatic rings. The highest BCUT2D eigenvalue weighted by atomic mass is 127. The number of hydrogen-bond donors (Lipinski definition) is 2. The molecule has 2 heterocycles. The number of carbonyl (C=O) groups excluding carboxylic acids is 2. The van der Waals surface area contributed by atoms with Crippen molar-refractivity contribution in [1.29, 1.82) is 0 Å². The van der Waals surface area contributed by atoms with Gasteiger partial charge in [-0.15, -0.1) is 24.0 Å². The van der Waals surface area contributed by atoms with E-state index < -0.39 is 5.91 Å². The summed E-state index contributed by atoms with van der Waals surface area (Å²) in [5.74, 6) is 1.21. The summed E-state index contributed by atoms with van der Waals surface area (Å²) < 4.78 is 5.37. The number of carbonyl (C=O) groups is 2. The highest BCUT2D eigenvalue weighted by Crippen LogP contribution is 2.14. The number of aliphatic imine (C=N–C) groups is 1. The molecule has 178 valence electrons. The van der Waals surface area contributed by atoms with Crippen LogP contribution in [0.5, 0.6) is 5.75 Å². The van der Waals surface area contributed by atoms with Crippen LogP contribution in [0.25, 0.3) is 0 Å². The summed E-state index contributed by atoms with van der Waals surface area (Å²) >= 11 is 0. The first-order valence-electron chi connectivity index (χ1n) is 11.0. The maximum atomic E-state index is 12.5. The van der Waals surface area contributed by atoms with Crippen LogP contribution in [0.15, 0.2) is 29.3 Å². The van der Waals surface area contributed by atoms with Gasteiger partial charge in [0.25, 0.3) is 5.91 Å². The molecule has 0 unspecified atom stereocenters. The predicted octanol–water partition coefficient (Wildman–Crippen LogP) is 0.874. The molecular formula is C22H35IN6O3. The minimum atomic E-state index is -0.499. The number of nitrogens with zero attached hydrogens (tertiary/aromatic N) is 4. The molecule has 3 rings (SSSR count). The van der Waals surface area contributed by atoms with Crippen LogP contribution in [-0.4, -0.2) is 91.9 Å². The molecule has 0 aliphatic carbocycles. The summed E-state index contributed by atoms with van der Waals surface area (Å²) in [5.41, 5.74) is 6.15. The number of halogens is 1. The van der Waals surface area contributed by atoms with Crippen LogP contribution >= 0.6 is 24.0 Å². The molecule has 0 saturated carbocycles. The van der Waals surface area contributed by atoms with E-state index in [1.165, 1.54) is 6.42 Å². The van der Waals surface area contributed by atoms with E-state index in [2.05, 4.69) is 20.1 Å². The smallest absolute Gasteiger partial charge is 0.255 e. The zero-order chi connectivity index (χ0) is 22.1. The molecule has 0 bridgehead atoms. The lowest BCUT2D eigenvalue weighted by molar-refractivity contribution is -0.133. The molecule has 0 aromatic heterocycles. The Morgan fingerprint density at radius 1 is 1.06 bits per heavy atom. The van der Waals surface area contributed by atoms with Gasteiger partial charge in [-0.3, -0.25) is 19.5 Å². The maximum Gasteiger partial charge on any atom is 0.255 e. The summed E-state index contributed by atoms with van der Waals surface area (Å²) in [6, 6.07) is 7.55. The van der Waals surface area contributed by atoms with Crippen LogP contribution in [0.4, 0.5) is 0 Å². The quantitative estimate of drug-likeness (QED) is 0.293. The number of benzene rings is 1. The Hall–Kier alpha value is -2.08. The normalized spacial score (nSPS) is 17.5. The zero-order valence-corrected chi connectivity index (χ0v) is 21.1. The van der Waals surface area contributed by atoms with Crippen molar-refractivity contribution >= 4 is 41.8 Å². The lowest BCUT2D eigenvalue weighted by atomic mass is 10.1. The lowest BCUT2D eigenvalue weighted by Crippen LogP contribution is -2.54. The number of nitrogens with one attached hydrogen (secondary N) is 1. The molecule has 1 aromatic rings. The van der Waals surface area contributed by atoms with E-state index >= 15 is 0 Å². The van der Waals surface area contributed by atoms with Gasteiger partial charge in [0.15, 0.2) is 12.6 Å². The third-order valence-corrected chi connectivity index (χ3v) is 5.68. The summed E-state index contributed by atoms with van der Waals surface area (Å²) in [6.45, 7) is 6.13. The third-order valence-electron chi connectivity index (χ3n) is 5.68. The molecule has 0 radical (unpaired) electrons. The number of nitrogens with two attached hydrogens (primary N) is 1. The van der Waals surface area contributed by atoms with Crippen LogP contribution in [0.3, 0.4) is 0 Å². The minimum absolute atomic E-state index is 0. The minimum Gasteiger partial charge on any atom is -0.484 e. The Bertz CT molecular complexity index is 777. The fraction of sp³-hybridized carbons (Fsp3) is 0.591. The Morgan fingerprint density at radius 3 is 2.44 bits per heavy atom. The molecule has 2 aliphatic heterocycles. The van der Waals surface area contributed by atoms with Crippen LogP contribution in [0, 0.1) is 0 Å². The van der Waals surface area contributed by atoms with Crippen LogP contribution in [-0.2, 0) is 16.1 Å². The van der Waals surface area contributed by atoms with Gasteiger partial charge < -0.3 is 25.6 Å². The van der Waals surface area contributed by atoms with Crippen molar-refractivity contribution in [2.75, 3.05) is 59.5 Å². The summed E-state index contributed by atoms with van der Waals surface area (Å²) in [6.07, 6.45) is 3.49. The molecule has 2 fully saturated rings.